The molecule has 2 amide bonds. The monoisotopic (exact) mass is 639 g/mol. The first-order valence-electron chi connectivity index (χ1n) is 14.1. The number of sulfonamides is 1. The predicted molar refractivity (Wildman–Crippen MR) is 173 cm³/mol. The Kier molecular flexibility index (Phi) is 11.2. The van der Waals surface area contributed by atoms with Gasteiger partial charge in [0.15, 0.2) is 0 Å². The maximum Gasteiger partial charge on any atom is 0.243 e. The van der Waals surface area contributed by atoms with Crippen LogP contribution in [0.4, 0.5) is 0 Å². The molecule has 4 rings (SSSR count). The summed E-state index contributed by atoms with van der Waals surface area (Å²) in [5, 5.41) is 5.30. The molecule has 0 radical (unpaired) electrons. The molecule has 0 bridgehead atoms. The minimum atomic E-state index is -4.04. The van der Waals surface area contributed by atoms with Gasteiger partial charge in [0.1, 0.15) is 6.04 Å². The molecule has 7 nitrogen and oxygen atoms in total. The predicted octanol–water partition coefficient (Wildman–Crippen LogP) is 6.32. The highest BCUT2D eigenvalue weighted by atomic mass is 35.5. The van der Waals surface area contributed by atoms with E-state index in [1.54, 1.807) is 30.3 Å². The SMILES string of the molecule is CCCCNC(=O)[C@H](Cc1ccccc1)N(Cc1c(Cl)cccc1Cl)C(=O)CN(C)S(=O)(=O)c1ccc2ccccc2c1. The maximum absolute atomic E-state index is 14.1. The Bertz CT molecular complexity index is 1660. The molecule has 43 heavy (non-hydrogen) atoms. The molecule has 1 atom stereocenters. The number of rotatable bonds is 13. The van der Waals surface area contributed by atoms with Gasteiger partial charge >= 0.3 is 0 Å². The maximum atomic E-state index is 14.1. The molecule has 0 aromatic heterocycles. The number of amides is 2. The molecular formula is C33H35Cl2N3O4S. The van der Waals surface area contributed by atoms with Crippen molar-refractivity contribution in [2.45, 2.75) is 43.7 Å². The van der Waals surface area contributed by atoms with E-state index in [1.807, 2.05) is 61.5 Å². The number of carbonyl (C=O) groups excluding carboxylic acids is 2. The van der Waals surface area contributed by atoms with Crippen molar-refractivity contribution >= 4 is 55.8 Å². The summed E-state index contributed by atoms with van der Waals surface area (Å²) in [4.78, 5) is 29.2. The van der Waals surface area contributed by atoms with Crippen LogP contribution < -0.4 is 5.32 Å². The minimum absolute atomic E-state index is 0.0698. The summed E-state index contributed by atoms with van der Waals surface area (Å²) >= 11 is 13.0. The van der Waals surface area contributed by atoms with Crippen molar-refractivity contribution in [2.75, 3.05) is 20.1 Å². The number of halogens is 2. The van der Waals surface area contributed by atoms with Gasteiger partial charge in [-0.1, -0.05) is 103 Å². The van der Waals surface area contributed by atoms with Crippen LogP contribution in [0.5, 0.6) is 0 Å². The van der Waals surface area contributed by atoms with Gasteiger partial charge in [-0.15, -0.1) is 0 Å². The zero-order chi connectivity index (χ0) is 31.0. The van der Waals surface area contributed by atoms with Crippen molar-refractivity contribution < 1.29 is 18.0 Å². The number of likely N-dealkylation sites (N-methyl/N-ethyl adjacent to an activating group) is 1. The molecule has 10 heteroatoms. The van der Waals surface area contributed by atoms with Crippen LogP contribution >= 0.6 is 23.2 Å². The molecule has 0 heterocycles. The molecule has 0 spiro atoms. The highest BCUT2D eigenvalue weighted by molar-refractivity contribution is 7.89. The number of hydrogen-bond donors (Lipinski definition) is 1. The second-order valence-electron chi connectivity index (χ2n) is 10.3. The molecule has 0 unspecified atom stereocenters. The highest BCUT2D eigenvalue weighted by Crippen LogP contribution is 2.28. The number of carbonyl (C=O) groups is 2. The summed E-state index contributed by atoms with van der Waals surface area (Å²) in [6.07, 6.45) is 1.88. The van der Waals surface area contributed by atoms with Gasteiger partial charge in [0.2, 0.25) is 21.8 Å². The Morgan fingerprint density at radius 1 is 0.860 bits per heavy atom. The molecule has 0 fully saturated rings. The van der Waals surface area contributed by atoms with E-state index in [0.717, 1.165) is 33.5 Å². The van der Waals surface area contributed by atoms with Gasteiger partial charge in [-0.3, -0.25) is 9.59 Å². The van der Waals surface area contributed by atoms with Crippen molar-refractivity contribution in [1.29, 1.82) is 0 Å². The van der Waals surface area contributed by atoms with E-state index < -0.39 is 28.5 Å². The lowest BCUT2D eigenvalue weighted by atomic mass is 10.0. The molecule has 4 aromatic carbocycles. The number of nitrogens with zero attached hydrogens (tertiary/aromatic N) is 2. The first kappa shape index (κ1) is 32.5. The van der Waals surface area contributed by atoms with Crippen LogP contribution in [0.15, 0.2) is 95.9 Å². The highest BCUT2D eigenvalue weighted by Gasteiger charge is 2.33. The fourth-order valence-electron chi connectivity index (χ4n) is 4.79. The first-order valence-corrected chi connectivity index (χ1v) is 16.3. The summed E-state index contributed by atoms with van der Waals surface area (Å²) in [6.45, 7) is 1.89. The lowest BCUT2D eigenvalue weighted by Gasteiger charge is -2.33. The van der Waals surface area contributed by atoms with E-state index >= 15 is 0 Å². The quantitative estimate of drug-likeness (QED) is 0.173. The van der Waals surface area contributed by atoms with Gasteiger partial charge in [0.05, 0.1) is 11.4 Å². The number of hydrogen-bond acceptors (Lipinski definition) is 4. The summed E-state index contributed by atoms with van der Waals surface area (Å²) in [5.41, 5.74) is 1.32. The molecule has 0 saturated carbocycles. The van der Waals surface area contributed by atoms with Crippen molar-refractivity contribution in [2.24, 2.45) is 0 Å². The van der Waals surface area contributed by atoms with E-state index in [1.165, 1.54) is 18.0 Å². The van der Waals surface area contributed by atoms with Crippen molar-refractivity contribution in [3.05, 3.63) is 112 Å². The average Bonchev–Trinajstić information content (AvgIpc) is 3.00. The van der Waals surface area contributed by atoms with Gasteiger partial charge in [-0.2, -0.15) is 4.31 Å². The van der Waals surface area contributed by atoms with Crippen molar-refractivity contribution in [1.82, 2.24) is 14.5 Å². The molecule has 0 aliphatic carbocycles. The Morgan fingerprint density at radius 2 is 1.51 bits per heavy atom. The fraction of sp³-hybridized carbons (Fsp3) is 0.273. The van der Waals surface area contributed by atoms with Crippen LogP contribution in [-0.4, -0.2) is 55.6 Å². The van der Waals surface area contributed by atoms with Gasteiger partial charge < -0.3 is 10.2 Å². The van der Waals surface area contributed by atoms with E-state index in [4.69, 9.17) is 23.2 Å². The summed E-state index contributed by atoms with van der Waals surface area (Å²) < 4.78 is 28.2. The number of unbranched alkanes of at least 4 members (excludes halogenated alkanes) is 1. The molecule has 226 valence electrons. The van der Waals surface area contributed by atoms with E-state index in [0.29, 0.717) is 22.2 Å². The number of nitrogens with one attached hydrogen (secondary N) is 1. The molecule has 0 saturated heterocycles. The third kappa shape index (κ3) is 8.15. The Labute approximate surface area is 263 Å². The second-order valence-corrected chi connectivity index (χ2v) is 13.2. The molecule has 4 aromatic rings. The number of fused-ring (bicyclic) bond motifs is 1. The van der Waals surface area contributed by atoms with Gasteiger partial charge in [0, 0.05) is 42.2 Å². The third-order valence-corrected chi connectivity index (χ3v) is 9.79. The molecule has 0 aliphatic rings. The van der Waals surface area contributed by atoms with Gasteiger partial charge in [0.25, 0.3) is 0 Å². The summed E-state index contributed by atoms with van der Waals surface area (Å²) in [6, 6.07) is 25.7. The van der Waals surface area contributed by atoms with Crippen LogP contribution in [0, 0.1) is 0 Å². The molecular weight excluding hydrogens is 605 g/mol. The standard InChI is InChI=1S/C33H35Cl2N3O4S/c1-3-4-19-36-33(40)31(20-24-11-6-5-7-12-24)38(22-28-29(34)15-10-16-30(28)35)32(39)23-37(2)43(41,42)27-18-17-25-13-8-9-14-26(25)21-27/h5-18,21,31H,3-4,19-20,22-23H2,1-2H3,(H,36,40)/t31-/m0/s1. The Morgan fingerprint density at radius 3 is 2.19 bits per heavy atom. The Balaban J connectivity index is 1.69. The van der Waals surface area contributed by atoms with Gasteiger partial charge in [-0.05, 0) is 47.0 Å². The first-order chi connectivity index (χ1) is 20.6. The molecule has 1 N–H and O–H groups in total. The van der Waals surface area contributed by atoms with Crippen LogP contribution in [-0.2, 0) is 32.6 Å². The largest absolute Gasteiger partial charge is 0.354 e. The zero-order valence-electron chi connectivity index (χ0n) is 24.2. The summed E-state index contributed by atoms with van der Waals surface area (Å²) in [5.74, 6) is -0.900. The van der Waals surface area contributed by atoms with Gasteiger partial charge in [-0.25, -0.2) is 8.42 Å². The van der Waals surface area contributed by atoms with Crippen molar-refractivity contribution in [3.63, 3.8) is 0 Å². The fourth-order valence-corrected chi connectivity index (χ4v) is 6.46. The zero-order valence-corrected chi connectivity index (χ0v) is 26.5. The van der Waals surface area contributed by atoms with E-state index in [2.05, 4.69) is 5.32 Å². The normalized spacial score (nSPS) is 12.3. The number of benzene rings is 4. The van der Waals surface area contributed by atoms with Crippen LogP contribution in [0.3, 0.4) is 0 Å². The average molecular weight is 641 g/mol. The Hall–Kier alpha value is -3.43. The lowest BCUT2D eigenvalue weighted by molar-refractivity contribution is -0.141. The minimum Gasteiger partial charge on any atom is -0.354 e. The third-order valence-electron chi connectivity index (χ3n) is 7.28. The summed E-state index contributed by atoms with van der Waals surface area (Å²) in [7, 11) is -2.68. The van der Waals surface area contributed by atoms with Crippen LogP contribution in [0.2, 0.25) is 10.0 Å². The lowest BCUT2D eigenvalue weighted by Crippen LogP contribution is -2.53. The molecule has 0 aliphatic heterocycles. The second kappa shape index (κ2) is 14.8. The van der Waals surface area contributed by atoms with E-state index in [-0.39, 0.29) is 23.8 Å². The van der Waals surface area contributed by atoms with E-state index in [9.17, 15) is 18.0 Å². The topological polar surface area (TPSA) is 86.8 Å². The van der Waals surface area contributed by atoms with Crippen LogP contribution in [0.25, 0.3) is 10.8 Å². The smallest absolute Gasteiger partial charge is 0.243 e. The van der Waals surface area contributed by atoms with Crippen LogP contribution in [0.1, 0.15) is 30.9 Å². The van der Waals surface area contributed by atoms with Crippen molar-refractivity contribution in [3.8, 4) is 0 Å².